The molecule has 0 heterocycles. The van der Waals surface area contributed by atoms with Gasteiger partial charge in [0.1, 0.15) is 0 Å². The van der Waals surface area contributed by atoms with E-state index in [1.54, 1.807) is 24.1 Å². The third-order valence-electron chi connectivity index (χ3n) is 1.98. The van der Waals surface area contributed by atoms with Crippen LogP contribution in [0.5, 0.6) is 0 Å². The largest absolute Gasteiger partial charge is 0.342 e. The Bertz CT molecular complexity index is 354. The van der Waals surface area contributed by atoms with E-state index in [2.05, 4.69) is 22.6 Å². The maximum absolute atomic E-state index is 11.8. The third kappa shape index (κ3) is 2.60. The Kier molecular flexibility index (Phi) is 4.19. The van der Waals surface area contributed by atoms with Crippen molar-refractivity contribution in [2.75, 3.05) is 13.6 Å². The van der Waals surface area contributed by atoms with Gasteiger partial charge >= 0.3 is 0 Å². The molecule has 1 aromatic rings. The SMILES string of the molecule is CCN(C)C(=O)c1cc(I)ccc1Cl. The Morgan fingerprint density at radius 2 is 2.21 bits per heavy atom. The van der Waals surface area contributed by atoms with Crippen molar-refractivity contribution in [3.05, 3.63) is 32.4 Å². The van der Waals surface area contributed by atoms with E-state index in [9.17, 15) is 4.79 Å². The van der Waals surface area contributed by atoms with Gasteiger partial charge in [-0.15, -0.1) is 0 Å². The highest BCUT2D eigenvalue weighted by Crippen LogP contribution is 2.20. The fourth-order valence-corrected chi connectivity index (χ4v) is 1.70. The summed E-state index contributed by atoms with van der Waals surface area (Å²) in [7, 11) is 1.76. The van der Waals surface area contributed by atoms with Crippen LogP contribution in [0.25, 0.3) is 0 Å². The van der Waals surface area contributed by atoms with Crippen molar-refractivity contribution >= 4 is 40.1 Å². The summed E-state index contributed by atoms with van der Waals surface area (Å²) in [5.41, 5.74) is 0.572. The fraction of sp³-hybridized carbons (Fsp3) is 0.300. The number of hydrogen-bond donors (Lipinski definition) is 0. The third-order valence-corrected chi connectivity index (χ3v) is 2.98. The van der Waals surface area contributed by atoms with Crippen LogP contribution < -0.4 is 0 Å². The minimum Gasteiger partial charge on any atom is -0.342 e. The molecule has 4 heteroatoms. The molecule has 0 saturated heterocycles. The van der Waals surface area contributed by atoms with Crippen molar-refractivity contribution < 1.29 is 4.79 Å². The number of halogens is 2. The van der Waals surface area contributed by atoms with Crippen LogP contribution in [0.1, 0.15) is 17.3 Å². The molecule has 0 spiro atoms. The molecule has 0 unspecified atom stereocenters. The number of rotatable bonds is 2. The van der Waals surface area contributed by atoms with Gasteiger partial charge in [0.25, 0.3) is 5.91 Å². The van der Waals surface area contributed by atoms with Gasteiger partial charge in [-0.3, -0.25) is 4.79 Å². The van der Waals surface area contributed by atoms with Crippen LogP contribution in [0.2, 0.25) is 5.02 Å². The number of carbonyl (C=O) groups is 1. The second kappa shape index (κ2) is 4.98. The summed E-state index contributed by atoms with van der Waals surface area (Å²) < 4.78 is 1.01. The van der Waals surface area contributed by atoms with E-state index in [-0.39, 0.29) is 5.91 Å². The van der Waals surface area contributed by atoms with Crippen LogP contribution in [0.3, 0.4) is 0 Å². The monoisotopic (exact) mass is 323 g/mol. The van der Waals surface area contributed by atoms with Crippen LogP contribution in [0.4, 0.5) is 0 Å². The number of nitrogens with zero attached hydrogens (tertiary/aromatic N) is 1. The molecule has 0 aliphatic heterocycles. The summed E-state index contributed by atoms with van der Waals surface area (Å²) in [4.78, 5) is 13.4. The summed E-state index contributed by atoms with van der Waals surface area (Å²) in [5, 5.41) is 0.510. The zero-order valence-corrected chi connectivity index (χ0v) is 11.0. The zero-order chi connectivity index (χ0) is 10.7. The first-order valence-corrected chi connectivity index (χ1v) is 5.72. The lowest BCUT2D eigenvalue weighted by Gasteiger charge is -2.15. The highest BCUT2D eigenvalue weighted by Gasteiger charge is 2.13. The van der Waals surface area contributed by atoms with E-state index >= 15 is 0 Å². The predicted octanol–water partition coefficient (Wildman–Crippen LogP) is 3.04. The molecule has 1 amide bonds. The summed E-state index contributed by atoms with van der Waals surface area (Å²) in [6, 6.07) is 5.43. The highest BCUT2D eigenvalue weighted by atomic mass is 127. The van der Waals surface area contributed by atoms with E-state index in [4.69, 9.17) is 11.6 Å². The number of hydrogen-bond acceptors (Lipinski definition) is 1. The average molecular weight is 324 g/mol. The van der Waals surface area contributed by atoms with Gasteiger partial charge in [0.2, 0.25) is 0 Å². The molecule has 2 nitrogen and oxygen atoms in total. The van der Waals surface area contributed by atoms with Gasteiger partial charge in [-0.25, -0.2) is 0 Å². The molecule has 0 saturated carbocycles. The van der Waals surface area contributed by atoms with Gasteiger partial charge in [0.15, 0.2) is 0 Å². The first kappa shape index (κ1) is 11.8. The summed E-state index contributed by atoms with van der Waals surface area (Å²) in [6.45, 7) is 2.61. The van der Waals surface area contributed by atoms with Gasteiger partial charge in [-0.1, -0.05) is 11.6 Å². The molecule has 76 valence electrons. The van der Waals surface area contributed by atoms with Gasteiger partial charge in [-0.05, 0) is 47.7 Å². The smallest absolute Gasteiger partial charge is 0.255 e. The summed E-state index contributed by atoms with van der Waals surface area (Å²) in [6.07, 6.45) is 0. The van der Waals surface area contributed by atoms with Crippen molar-refractivity contribution in [1.29, 1.82) is 0 Å². The van der Waals surface area contributed by atoms with Crippen LogP contribution in [0, 0.1) is 3.57 Å². The van der Waals surface area contributed by atoms with Crippen molar-refractivity contribution in [1.82, 2.24) is 4.90 Å². The lowest BCUT2D eigenvalue weighted by Crippen LogP contribution is -2.26. The predicted molar refractivity (Wildman–Crippen MR) is 66.8 cm³/mol. The molecule has 0 atom stereocenters. The number of carbonyl (C=O) groups excluding carboxylic acids is 1. The summed E-state index contributed by atoms with van der Waals surface area (Å²) >= 11 is 8.10. The lowest BCUT2D eigenvalue weighted by atomic mass is 10.2. The van der Waals surface area contributed by atoms with Gasteiger partial charge < -0.3 is 4.90 Å². The molecule has 0 aromatic heterocycles. The van der Waals surface area contributed by atoms with Crippen LogP contribution >= 0.6 is 34.2 Å². The second-order valence-corrected chi connectivity index (χ2v) is 4.60. The number of amides is 1. The first-order chi connectivity index (χ1) is 6.56. The molecule has 0 bridgehead atoms. The minimum absolute atomic E-state index is 0.0315. The molecule has 0 radical (unpaired) electrons. The Morgan fingerprint density at radius 3 is 2.79 bits per heavy atom. The van der Waals surface area contributed by atoms with Gasteiger partial charge in [0.05, 0.1) is 10.6 Å². The van der Waals surface area contributed by atoms with E-state index < -0.39 is 0 Å². The molecule has 0 aliphatic carbocycles. The summed E-state index contributed by atoms with van der Waals surface area (Å²) in [5.74, 6) is -0.0315. The second-order valence-electron chi connectivity index (χ2n) is 2.94. The molecular formula is C10H11ClINO. The highest BCUT2D eigenvalue weighted by molar-refractivity contribution is 14.1. The Balaban J connectivity index is 3.06. The standard InChI is InChI=1S/C10H11ClINO/c1-3-13(2)10(14)8-6-7(12)4-5-9(8)11/h4-6H,3H2,1-2H3. The average Bonchev–Trinajstić information content (AvgIpc) is 2.19. The maximum Gasteiger partial charge on any atom is 0.255 e. The molecule has 0 aliphatic rings. The Labute approximate surface area is 102 Å². The molecule has 14 heavy (non-hydrogen) atoms. The molecule has 0 fully saturated rings. The van der Waals surface area contributed by atoms with Crippen LogP contribution in [-0.4, -0.2) is 24.4 Å². The van der Waals surface area contributed by atoms with E-state index in [1.807, 2.05) is 13.0 Å². The molecule has 1 aromatic carbocycles. The van der Waals surface area contributed by atoms with Crippen molar-refractivity contribution in [2.45, 2.75) is 6.92 Å². The minimum atomic E-state index is -0.0315. The van der Waals surface area contributed by atoms with Crippen molar-refractivity contribution in [2.24, 2.45) is 0 Å². The van der Waals surface area contributed by atoms with E-state index in [0.29, 0.717) is 17.1 Å². The van der Waals surface area contributed by atoms with Crippen molar-refractivity contribution in [3.8, 4) is 0 Å². The maximum atomic E-state index is 11.8. The molecule has 0 N–H and O–H groups in total. The first-order valence-electron chi connectivity index (χ1n) is 4.26. The Morgan fingerprint density at radius 1 is 1.57 bits per heavy atom. The van der Waals surface area contributed by atoms with Gasteiger partial charge in [-0.2, -0.15) is 0 Å². The van der Waals surface area contributed by atoms with Crippen molar-refractivity contribution in [3.63, 3.8) is 0 Å². The topological polar surface area (TPSA) is 20.3 Å². The quantitative estimate of drug-likeness (QED) is 0.766. The normalized spacial score (nSPS) is 10.0. The van der Waals surface area contributed by atoms with Gasteiger partial charge in [0, 0.05) is 17.2 Å². The fourth-order valence-electron chi connectivity index (χ4n) is 1.01. The van der Waals surface area contributed by atoms with Crippen LogP contribution in [0.15, 0.2) is 18.2 Å². The van der Waals surface area contributed by atoms with E-state index in [0.717, 1.165) is 3.57 Å². The molecular weight excluding hydrogens is 312 g/mol. The Hall–Kier alpha value is -0.290. The van der Waals surface area contributed by atoms with Crippen LogP contribution in [-0.2, 0) is 0 Å². The number of benzene rings is 1. The van der Waals surface area contributed by atoms with E-state index in [1.165, 1.54) is 0 Å². The molecule has 1 rings (SSSR count). The zero-order valence-electron chi connectivity index (χ0n) is 8.05. The lowest BCUT2D eigenvalue weighted by molar-refractivity contribution is 0.0802.